The molecule has 0 saturated carbocycles. The van der Waals surface area contributed by atoms with Gasteiger partial charge in [-0.2, -0.15) is 5.10 Å². The Morgan fingerprint density at radius 1 is 1.24 bits per heavy atom. The molecule has 1 saturated heterocycles. The van der Waals surface area contributed by atoms with E-state index in [2.05, 4.69) is 70.5 Å². The molecule has 0 unspecified atom stereocenters. The van der Waals surface area contributed by atoms with Gasteiger partial charge >= 0.3 is 0 Å². The minimum atomic E-state index is 0.378. The van der Waals surface area contributed by atoms with Crippen LogP contribution >= 0.6 is 15.9 Å². The normalized spacial score (nSPS) is 17.4. The first-order valence-electron chi connectivity index (χ1n) is 7.47. The van der Waals surface area contributed by atoms with Crippen molar-refractivity contribution in [3.8, 4) is 5.69 Å². The summed E-state index contributed by atoms with van der Waals surface area (Å²) >= 11 is 3.64. The van der Waals surface area contributed by atoms with Gasteiger partial charge in [-0.3, -0.25) is 0 Å². The number of hydrogen-bond donors (Lipinski definition) is 0. The lowest BCUT2D eigenvalue weighted by atomic mass is 9.93. The number of halogens is 1. The van der Waals surface area contributed by atoms with Crippen molar-refractivity contribution in [1.29, 1.82) is 0 Å². The molecule has 0 radical (unpaired) electrons. The summed E-state index contributed by atoms with van der Waals surface area (Å²) in [5, 5.41) is 5.63. The van der Waals surface area contributed by atoms with Crippen molar-refractivity contribution in [3.63, 3.8) is 0 Å². The lowest BCUT2D eigenvalue weighted by Gasteiger charge is -2.23. The van der Waals surface area contributed by atoms with Gasteiger partial charge in [0, 0.05) is 24.0 Å². The van der Waals surface area contributed by atoms with Crippen LogP contribution in [0.3, 0.4) is 0 Å². The number of nitrogens with zero attached hydrogens (tertiary/aromatic N) is 3. The Labute approximate surface area is 135 Å². The molecule has 0 bridgehead atoms. The molecule has 0 amide bonds. The lowest BCUT2D eigenvalue weighted by Crippen LogP contribution is -2.25. The summed E-state index contributed by atoms with van der Waals surface area (Å²) in [7, 11) is 0. The van der Waals surface area contributed by atoms with Crippen molar-refractivity contribution in [2.45, 2.75) is 32.5 Å². The van der Waals surface area contributed by atoms with Crippen LogP contribution < -0.4 is 4.90 Å². The zero-order valence-corrected chi connectivity index (χ0v) is 14.5. The maximum absolute atomic E-state index is 4.79. The molecule has 1 aromatic heterocycles. The van der Waals surface area contributed by atoms with Crippen molar-refractivity contribution in [3.05, 3.63) is 41.6 Å². The molecule has 1 aliphatic heterocycles. The monoisotopic (exact) mass is 347 g/mol. The highest BCUT2D eigenvalue weighted by molar-refractivity contribution is 9.08. The number of rotatable bonds is 3. The van der Waals surface area contributed by atoms with E-state index in [1.165, 1.54) is 17.8 Å². The van der Waals surface area contributed by atoms with Crippen molar-refractivity contribution in [2.75, 3.05) is 18.0 Å². The molecule has 1 aliphatic rings. The van der Waals surface area contributed by atoms with Crippen molar-refractivity contribution in [1.82, 2.24) is 9.78 Å². The van der Waals surface area contributed by atoms with Crippen molar-refractivity contribution < 1.29 is 0 Å². The Kier molecular flexibility index (Phi) is 3.82. The van der Waals surface area contributed by atoms with E-state index in [0.717, 1.165) is 29.8 Å². The molecule has 0 spiro atoms. The first-order valence-corrected chi connectivity index (χ1v) is 8.59. The van der Waals surface area contributed by atoms with E-state index in [0.29, 0.717) is 5.41 Å². The molecule has 1 aromatic carbocycles. The average Bonchev–Trinajstić information content (AvgIpc) is 2.99. The van der Waals surface area contributed by atoms with E-state index >= 15 is 0 Å². The van der Waals surface area contributed by atoms with Crippen LogP contribution in [0.1, 0.15) is 31.5 Å². The van der Waals surface area contributed by atoms with E-state index in [9.17, 15) is 0 Å². The summed E-state index contributed by atoms with van der Waals surface area (Å²) in [6.07, 6.45) is 1.23. The Morgan fingerprint density at radius 3 is 2.52 bits per heavy atom. The summed E-state index contributed by atoms with van der Waals surface area (Å²) in [6.45, 7) is 8.98. The average molecular weight is 348 g/mol. The molecule has 2 heterocycles. The van der Waals surface area contributed by atoms with Crippen LogP contribution in [-0.4, -0.2) is 22.9 Å². The quantitative estimate of drug-likeness (QED) is 0.771. The van der Waals surface area contributed by atoms with Gasteiger partial charge in [0.15, 0.2) is 0 Å². The van der Waals surface area contributed by atoms with Gasteiger partial charge < -0.3 is 4.90 Å². The lowest BCUT2D eigenvalue weighted by molar-refractivity contribution is 0.418. The summed E-state index contributed by atoms with van der Waals surface area (Å²) in [6, 6.07) is 10.4. The molecule has 2 aromatic rings. The van der Waals surface area contributed by atoms with Crippen LogP contribution in [-0.2, 0) is 5.33 Å². The largest absolute Gasteiger partial charge is 0.356 e. The summed E-state index contributed by atoms with van der Waals surface area (Å²) in [5.41, 5.74) is 3.92. The molecule has 4 heteroatoms. The molecule has 0 atom stereocenters. The van der Waals surface area contributed by atoms with Crippen LogP contribution in [0.15, 0.2) is 30.3 Å². The first kappa shape index (κ1) is 14.6. The molecule has 3 nitrogen and oxygen atoms in total. The van der Waals surface area contributed by atoms with E-state index < -0.39 is 0 Å². The van der Waals surface area contributed by atoms with E-state index in [1.54, 1.807) is 0 Å². The van der Waals surface area contributed by atoms with E-state index in [1.807, 2.05) is 6.07 Å². The number of para-hydroxylation sites is 1. The standard InChI is InChI=1S/C17H22BrN3/c1-13-15(11-18)16(20-10-9-17(2,3)12-20)21(19-13)14-7-5-4-6-8-14/h4-8H,9-12H2,1-3H3. The number of aromatic nitrogens is 2. The highest BCUT2D eigenvalue weighted by Gasteiger charge is 2.33. The minimum Gasteiger partial charge on any atom is -0.356 e. The SMILES string of the molecule is Cc1nn(-c2ccccc2)c(N2CCC(C)(C)C2)c1CBr. The number of aryl methyl sites for hydroxylation is 1. The predicted molar refractivity (Wildman–Crippen MR) is 91.5 cm³/mol. The fraction of sp³-hybridized carbons (Fsp3) is 0.471. The molecule has 3 rings (SSSR count). The maximum Gasteiger partial charge on any atom is 0.136 e. The number of anilines is 1. The van der Waals surface area contributed by atoms with Crippen LogP contribution in [0.5, 0.6) is 0 Å². The highest BCUT2D eigenvalue weighted by Crippen LogP contribution is 2.36. The van der Waals surface area contributed by atoms with Gasteiger partial charge in [0.25, 0.3) is 0 Å². The van der Waals surface area contributed by atoms with Crippen molar-refractivity contribution >= 4 is 21.7 Å². The molecule has 0 N–H and O–H groups in total. The molecule has 21 heavy (non-hydrogen) atoms. The highest BCUT2D eigenvalue weighted by atomic mass is 79.9. The first-order chi connectivity index (χ1) is 10.0. The molecular formula is C17H22BrN3. The Morgan fingerprint density at radius 2 is 1.95 bits per heavy atom. The fourth-order valence-corrected chi connectivity index (χ4v) is 3.73. The second kappa shape index (κ2) is 5.48. The summed E-state index contributed by atoms with van der Waals surface area (Å²) in [5.74, 6) is 1.25. The molecular weight excluding hydrogens is 326 g/mol. The van der Waals surface area contributed by atoms with Crippen LogP contribution in [0, 0.1) is 12.3 Å². The molecule has 0 aliphatic carbocycles. The van der Waals surface area contributed by atoms with E-state index in [-0.39, 0.29) is 0 Å². The predicted octanol–water partition coefficient (Wildman–Crippen LogP) is 4.31. The Hall–Kier alpha value is -1.29. The van der Waals surface area contributed by atoms with Gasteiger partial charge in [0.1, 0.15) is 5.82 Å². The number of hydrogen-bond acceptors (Lipinski definition) is 2. The fourth-order valence-electron chi connectivity index (χ4n) is 3.07. The number of alkyl halides is 1. The van der Waals surface area contributed by atoms with Gasteiger partial charge in [-0.25, -0.2) is 4.68 Å². The number of benzene rings is 1. The van der Waals surface area contributed by atoms with Gasteiger partial charge in [-0.15, -0.1) is 0 Å². The smallest absolute Gasteiger partial charge is 0.136 e. The van der Waals surface area contributed by atoms with Crippen LogP contribution in [0.4, 0.5) is 5.82 Å². The van der Waals surface area contributed by atoms with E-state index in [4.69, 9.17) is 5.10 Å². The topological polar surface area (TPSA) is 21.1 Å². The van der Waals surface area contributed by atoms with Gasteiger partial charge in [0.05, 0.1) is 11.4 Å². The Balaban J connectivity index is 2.10. The Bertz CT molecular complexity index is 631. The molecule has 1 fully saturated rings. The minimum absolute atomic E-state index is 0.378. The third-order valence-electron chi connectivity index (χ3n) is 4.27. The maximum atomic E-state index is 4.79. The third-order valence-corrected chi connectivity index (χ3v) is 4.83. The van der Waals surface area contributed by atoms with Crippen molar-refractivity contribution in [2.24, 2.45) is 5.41 Å². The van der Waals surface area contributed by atoms with Crippen LogP contribution in [0.2, 0.25) is 0 Å². The zero-order chi connectivity index (χ0) is 15.0. The molecule has 112 valence electrons. The second-order valence-electron chi connectivity index (χ2n) is 6.60. The summed E-state index contributed by atoms with van der Waals surface area (Å²) < 4.78 is 2.10. The van der Waals surface area contributed by atoms with Crippen LogP contribution in [0.25, 0.3) is 5.69 Å². The third kappa shape index (κ3) is 2.73. The van der Waals surface area contributed by atoms with Gasteiger partial charge in [-0.05, 0) is 30.9 Å². The van der Waals surface area contributed by atoms with Gasteiger partial charge in [0.2, 0.25) is 0 Å². The summed E-state index contributed by atoms with van der Waals surface area (Å²) in [4.78, 5) is 2.49. The zero-order valence-electron chi connectivity index (χ0n) is 12.9. The van der Waals surface area contributed by atoms with Gasteiger partial charge in [-0.1, -0.05) is 48.0 Å². The second-order valence-corrected chi connectivity index (χ2v) is 7.17.